The van der Waals surface area contributed by atoms with Gasteiger partial charge in [0.2, 0.25) is 0 Å². The lowest BCUT2D eigenvalue weighted by Gasteiger charge is -2.30. The first kappa shape index (κ1) is 20.6. The number of anilines is 1. The minimum absolute atomic E-state index is 0.111. The Bertz CT molecular complexity index is 956. The van der Waals surface area contributed by atoms with Crippen molar-refractivity contribution in [2.24, 2.45) is 5.92 Å². The van der Waals surface area contributed by atoms with Gasteiger partial charge in [-0.1, -0.05) is 30.7 Å². The Hall–Kier alpha value is -2.16. The highest BCUT2D eigenvalue weighted by atomic mass is 35.5. The van der Waals surface area contributed by atoms with Crippen LogP contribution in [-0.2, 0) is 16.6 Å². The van der Waals surface area contributed by atoms with Crippen LogP contribution in [0.5, 0.6) is 0 Å². The number of hydrogen-bond acceptors (Lipinski definition) is 5. The smallest absolute Gasteiger partial charge is 0.289 e. The van der Waals surface area contributed by atoms with E-state index in [1.165, 1.54) is 25.0 Å². The van der Waals surface area contributed by atoms with Gasteiger partial charge in [0.1, 0.15) is 5.02 Å². The molecule has 1 N–H and O–H groups in total. The number of likely N-dealkylation sites (tertiary alicyclic amines) is 1. The van der Waals surface area contributed by atoms with Crippen molar-refractivity contribution < 1.29 is 13.3 Å². The Morgan fingerprint density at radius 2 is 1.82 bits per heavy atom. The number of halogens is 1. The zero-order valence-electron chi connectivity index (χ0n) is 15.5. The lowest BCUT2D eigenvalue weighted by Crippen LogP contribution is -2.32. The summed E-state index contributed by atoms with van der Waals surface area (Å²) < 4.78 is 27.5. The lowest BCUT2D eigenvalue weighted by molar-refractivity contribution is -0.384. The van der Waals surface area contributed by atoms with Gasteiger partial charge in [0.25, 0.3) is 15.7 Å². The molecule has 28 heavy (non-hydrogen) atoms. The van der Waals surface area contributed by atoms with Crippen LogP contribution in [0.25, 0.3) is 0 Å². The van der Waals surface area contributed by atoms with Gasteiger partial charge in [-0.05, 0) is 61.7 Å². The summed E-state index contributed by atoms with van der Waals surface area (Å²) in [7, 11) is -3.96. The zero-order valence-corrected chi connectivity index (χ0v) is 17.0. The molecule has 0 unspecified atom stereocenters. The molecule has 3 rings (SSSR count). The molecule has 0 radical (unpaired) electrons. The van der Waals surface area contributed by atoms with E-state index in [-0.39, 0.29) is 9.92 Å². The summed E-state index contributed by atoms with van der Waals surface area (Å²) in [5.74, 6) is 0.775. The van der Waals surface area contributed by atoms with Crippen LogP contribution in [0.1, 0.15) is 25.3 Å². The highest BCUT2D eigenvalue weighted by molar-refractivity contribution is 7.92. The normalized spacial score (nSPS) is 16.1. The quantitative estimate of drug-likeness (QED) is 0.552. The molecule has 0 amide bonds. The first-order valence-corrected chi connectivity index (χ1v) is 10.9. The summed E-state index contributed by atoms with van der Waals surface area (Å²) in [6.07, 6.45) is 2.40. The van der Waals surface area contributed by atoms with Gasteiger partial charge >= 0.3 is 0 Å². The van der Waals surface area contributed by atoms with Crippen LogP contribution in [0.15, 0.2) is 47.4 Å². The minimum atomic E-state index is -3.96. The van der Waals surface area contributed by atoms with Gasteiger partial charge in [0.05, 0.1) is 9.82 Å². The van der Waals surface area contributed by atoms with E-state index in [1.807, 2.05) is 12.1 Å². The number of nitro benzene ring substituents is 1. The van der Waals surface area contributed by atoms with Crippen molar-refractivity contribution in [2.75, 3.05) is 17.8 Å². The Balaban J connectivity index is 1.69. The molecule has 1 heterocycles. The average Bonchev–Trinajstić information content (AvgIpc) is 2.65. The summed E-state index contributed by atoms with van der Waals surface area (Å²) in [6.45, 7) is 5.26. The first-order valence-electron chi connectivity index (χ1n) is 9.02. The number of sulfonamides is 1. The molecule has 1 saturated heterocycles. The lowest BCUT2D eigenvalue weighted by atomic mass is 9.99. The topological polar surface area (TPSA) is 92.6 Å². The highest BCUT2D eigenvalue weighted by Crippen LogP contribution is 2.28. The van der Waals surface area contributed by atoms with Crippen LogP contribution >= 0.6 is 11.6 Å². The molecule has 9 heteroatoms. The second kappa shape index (κ2) is 8.46. The van der Waals surface area contributed by atoms with Crippen LogP contribution in [0.3, 0.4) is 0 Å². The van der Waals surface area contributed by atoms with Crippen molar-refractivity contribution in [3.63, 3.8) is 0 Å². The molecule has 0 spiro atoms. The molecule has 1 aliphatic rings. The van der Waals surface area contributed by atoms with E-state index in [1.54, 1.807) is 12.1 Å². The van der Waals surface area contributed by atoms with Gasteiger partial charge in [-0.25, -0.2) is 8.42 Å². The maximum atomic E-state index is 12.5. The number of nitrogens with one attached hydrogen (secondary N) is 1. The summed E-state index contributed by atoms with van der Waals surface area (Å²) in [5, 5.41) is 10.9. The molecule has 0 atom stereocenters. The van der Waals surface area contributed by atoms with Crippen molar-refractivity contribution in [1.29, 1.82) is 0 Å². The Labute approximate surface area is 169 Å². The number of piperidine rings is 1. The van der Waals surface area contributed by atoms with Gasteiger partial charge in [-0.15, -0.1) is 0 Å². The van der Waals surface area contributed by atoms with Crippen LogP contribution in [-0.4, -0.2) is 31.3 Å². The fourth-order valence-electron chi connectivity index (χ4n) is 3.17. The summed E-state index contributed by atoms with van der Waals surface area (Å²) >= 11 is 5.75. The second-order valence-electron chi connectivity index (χ2n) is 7.13. The van der Waals surface area contributed by atoms with Crippen molar-refractivity contribution in [3.8, 4) is 0 Å². The van der Waals surface area contributed by atoms with Crippen LogP contribution in [0, 0.1) is 16.0 Å². The molecule has 1 fully saturated rings. The van der Waals surface area contributed by atoms with E-state index in [0.717, 1.165) is 37.2 Å². The summed E-state index contributed by atoms with van der Waals surface area (Å²) in [4.78, 5) is 12.5. The first-order chi connectivity index (χ1) is 13.2. The molecule has 0 saturated carbocycles. The third kappa shape index (κ3) is 5.01. The van der Waals surface area contributed by atoms with E-state index < -0.39 is 20.6 Å². The maximum absolute atomic E-state index is 12.5. The van der Waals surface area contributed by atoms with Crippen molar-refractivity contribution >= 4 is 33.0 Å². The van der Waals surface area contributed by atoms with Gasteiger partial charge < -0.3 is 0 Å². The van der Waals surface area contributed by atoms with Gasteiger partial charge in [-0.2, -0.15) is 0 Å². The Kier molecular flexibility index (Phi) is 6.22. The third-order valence-corrected chi connectivity index (χ3v) is 6.61. The number of hydrogen-bond donors (Lipinski definition) is 1. The predicted octanol–water partition coefficient (Wildman–Crippen LogP) is 4.28. The SMILES string of the molecule is CC1CCN(Cc2ccc(NS(=O)(=O)c3ccc(Cl)c([N+](=O)[O-])c3)cc2)CC1. The standard InChI is InChI=1S/C19H22ClN3O4S/c1-14-8-10-22(11-9-14)13-15-2-4-16(5-3-15)21-28(26,27)17-6-7-18(20)19(12-17)23(24)25/h2-7,12,14,21H,8-11,13H2,1H3. The molecular weight excluding hydrogens is 402 g/mol. The van der Waals surface area contributed by atoms with Gasteiger partial charge in [0.15, 0.2) is 0 Å². The summed E-state index contributed by atoms with van der Waals surface area (Å²) in [5.41, 5.74) is 1.06. The van der Waals surface area contributed by atoms with Crippen LogP contribution < -0.4 is 4.72 Å². The van der Waals surface area contributed by atoms with Crippen molar-refractivity contribution in [3.05, 3.63) is 63.2 Å². The fourth-order valence-corrected chi connectivity index (χ4v) is 4.43. The van der Waals surface area contributed by atoms with E-state index in [9.17, 15) is 18.5 Å². The molecule has 0 aromatic heterocycles. The summed E-state index contributed by atoms with van der Waals surface area (Å²) in [6, 6.07) is 10.6. The Morgan fingerprint density at radius 1 is 1.18 bits per heavy atom. The zero-order chi connectivity index (χ0) is 20.3. The van der Waals surface area contributed by atoms with Gasteiger partial charge in [0, 0.05) is 18.3 Å². The van der Waals surface area contributed by atoms with Crippen LogP contribution in [0.2, 0.25) is 5.02 Å². The molecule has 2 aromatic rings. The predicted molar refractivity (Wildman–Crippen MR) is 109 cm³/mol. The molecule has 150 valence electrons. The van der Waals surface area contributed by atoms with E-state index in [2.05, 4.69) is 16.5 Å². The number of nitrogens with zero attached hydrogens (tertiary/aromatic N) is 2. The minimum Gasteiger partial charge on any atom is -0.299 e. The van der Waals surface area contributed by atoms with E-state index in [4.69, 9.17) is 11.6 Å². The second-order valence-corrected chi connectivity index (χ2v) is 9.22. The van der Waals surface area contributed by atoms with Crippen molar-refractivity contribution in [1.82, 2.24) is 4.90 Å². The van der Waals surface area contributed by atoms with E-state index in [0.29, 0.717) is 5.69 Å². The largest absolute Gasteiger partial charge is 0.299 e. The molecule has 2 aromatic carbocycles. The highest BCUT2D eigenvalue weighted by Gasteiger charge is 2.21. The third-order valence-electron chi connectivity index (χ3n) is 4.91. The van der Waals surface area contributed by atoms with E-state index >= 15 is 0 Å². The molecular formula is C19H22ClN3O4S. The number of rotatable bonds is 6. The average molecular weight is 424 g/mol. The van der Waals surface area contributed by atoms with Crippen molar-refractivity contribution in [2.45, 2.75) is 31.2 Å². The number of benzene rings is 2. The maximum Gasteiger partial charge on any atom is 0.289 e. The molecule has 1 aliphatic heterocycles. The van der Waals surface area contributed by atoms with Gasteiger partial charge in [-0.3, -0.25) is 19.7 Å². The monoisotopic (exact) mass is 423 g/mol. The molecule has 0 aliphatic carbocycles. The fraction of sp³-hybridized carbons (Fsp3) is 0.368. The molecule has 7 nitrogen and oxygen atoms in total. The van der Waals surface area contributed by atoms with Crippen LogP contribution in [0.4, 0.5) is 11.4 Å². The Morgan fingerprint density at radius 3 is 2.43 bits per heavy atom. The number of nitro groups is 1. The molecule has 0 bridgehead atoms.